The van der Waals surface area contributed by atoms with Crippen molar-refractivity contribution in [1.29, 1.82) is 0 Å². The molecule has 0 fully saturated rings. The highest BCUT2D eigenvalue weighted by atomic mass is 35.5. The molecule has 1 heterocycles. The van der Waals surface area contributed by atoms with Crippen molar-refractivity contribution in [3.8, 4) is 17.0 Å². The first-order valence-corrected chi connectivity index (χ1v) is 11.3. The molecule has 2 aromatic carbocycles. The van der Waals surface area contributed by atoms with Crippen LogP contribution in [-0.4, -0.2) is 31.3 Å². The van der Waals surface area contributed by atoms with Gasteiger partial charge in [-0.25, -0.2) is 17.8 Å². The highest BCUT2D eigenvalue weighted by molar-refractivity contribution is 7.89. The summed E-state index contributed by atoms with van der Waals surface area (Å²) < 4.78 is 34.0. The van der Waals surface area contributed by atoms with E-state index >= 15 is 0 Å². The van der Waals surface area contributed by atoms with Crippen LogP contribution >= 0.6 is 23.2 Å². The summed E-state index contributed by atoms with van der Waals surface area (Å²) in [4.78, 5) is 12.0. The van der Waals surface area contributed by atoms with Crippen LogP contribution in [0.2, 0.25) is 10.0 Å². The average Bonchev–Trinajstić information content (AvgIpc) is 2.72. The topological polar surface area (TPSA) is 90.3 Å². The van der Waals surface area contributed by atoms with E-state index < -0.39 is 10.0 Å². The molecular weight excluding hydrogens is 449 g/mol. The second-order valence-electron chi connectivity index (χ2n) is 6.19. The van der Waals surface area contributed by atoms with Gasteiger partial charge in [-0.2, -0.15) is 5.10 Å². The number of halogens is 2. The van der Waals surface area contributed by atoms with Gasteiger partial charge >= 0.3 is 0 Å². The molecule has 0 spiro atoms. The fourth-order valence-electron chi connectivity index (χ4n) is 2.71. The molecule has 0 aliphatic carbocycles. The Morgan fingerprint density at radius 3 is 2.50 bits per heavy atom. The Bertz CT molecular complexity index is 1200. The lowest BCUT2D eigenvalue weighted by Gasteiger charge is -2.11. The van der Waals surface area contributed by atoms with Crippen LogP contribution in [0.4, 0.5) is 0 Å². The number of hydrogen-bond acceptors (Lipinski definition) is 5. The molecule has 0 unspecified atom stereocenters. The molecule has 1 N–H and O–H groups in total. The molecule has 0 saturated carbocycles. The second kappa shape index (κ2) is 9.61. The number of rotatable bonds is 8. The Kier molecular flexibility index (Phi) is 7.14. The SMILES string of the molecule is CCOc1ccc(-c2ccc(=O)n(CCNS(=O)(=O)c3cccc(Cl)c3Cl)n2)cc1. The van der Waals surface area contributed by atoms with Gasteiger partial charge in [0, 0.05) is 18.2 Å². The molecule has 0 saturated heterocycles. The lowest BCUT2D eigenvalue weighted by atomic mass is 10.1. The van der Waals surface area contributed by atoms with Gasteiger partial charge in [0.05, 0.1) is 28.9 Å². The van der Waals surface area contributed by atoms with E-state index in [0.717, 1.165) is 11.3 Å². The molecule has 1 aromatic heterocycles. The van der Waals surface area contributed by atoms with Crippen molar-refractivity contribution in [2.45, 2.75) is 18.4 Å². The predicted molar refractivity (Wildman–Crippen MR) is 117 cm³/mol. The Morgan fingerprint density at radius 2 is 1.80 bits per heavy atom. The second-order valence-corrected chi connectivity index (χ2v) is 8.71. The molecule has 0 aliphatic rings. The first-order valence-electron chi connectivity index (χ1n) is 9.07. The molecule has 7 nitrogen and oxygen atoms in total. The average molecular weight is 468 g/mol. The Balaban J connectivity index is 1.73. The standard InChI is InChI=1S/C20H19Cl2N3O4S/c1-2-29-15-8-6-14(7-9-15)17-10-11-19(26)25(24-17)13-12-23-30(27,28)18-5-3-4-16(21)20(18)22/h3-11,23H,2,12-13H2,1H3. The molecule has 0 bridgehead atoms. The summed E-state index contributed by atoms with van der Waals surface area (Å²) in [6.45, 7) is 2.46. The molecule has 3 rings (SSSR count). The van der Waals surface area contributed by atoms with E-state index in [2.05, 4.69) is 9.82 Å². The molecule has 0 radical (unpaired) electrons. The highest BCUT2D eigenvalue weighted by Gasteiger charge is 2.19. The van der Waals surface area contributed by atoms with Crippen LogP contribution in [-0.2, 0) is 16.6 Å². The fraction of sp³-hybridized carbons (Fsp3) is 0.200. The van der Waals surface area contributed by atoms with Gasteiger partial charge in [0.2, 0.25) is 10.0 Å². The smallest absolute Gasteiger partial charge is 0.266 e. The maximum atomic E-state index is 12.5. The summed E-state index contributed by atoms with van der Waals surface area (Å²) in [5.41, 5.74) is 1.04. The number of nitrogens with one attached hydrogen (secondary N) is 1. The normalized spacial score (nSPS) is 11.4. The summed E-state index contributed by atoms with van der Waals surface area (Å²) in [6.07, 6.45) is 0. The molecule has 3 aromatic rings. The number of aromatic nitrogens is 2. The highest BCUT2D eigenvalue weighted by Crippen LogP contribution is 2.28. The van der Waals surface area contributed by atoms with Crippen LogP contribution in [0, 0.1) is 0 Å². The zero-order chi connectivity index (χ0) is 21.7. The van der Waals surface area contributed by atoms with Crippen molar-refractivity contribution in [3.63, 3.8) is 0 Å². The van der Waals surface area contributed by atoms with Crippen LogP contribution < -0.4 is 15.0 Å². The van der Waals surface area contributed by atoms with Gasteiger partial charge in [-0.15, -0.1) is 0 Å². The summed E-state index contributed by atoms with van der Waals surface area (Å²) >= 11 is 11.9. The minimum absolute atomic E-state index is 0.0428. The van der Waals surface area contributed by atoms with Crippen molar-refractivity contribution in [3.05, 3.63) is 75.0 Å². The number of ether oxygens (including phenoxy) is 1. The lowest BCUT2D eigenvalue weighted by molar-refractivity contribution is 0.340. The lowest BCUT2D eigenvalue weighted by Crippen LogP contribution is -2.32. The number of nitrogens with zero attached hydrogens (tertiary/aromatic N) is 2. The van der Waals surface area contributed by atoms with Crippen molar-refractivity contribution >= 4 is 33.2 Å². The molecule has 30 heavy (non-hydrogen) atoms. The third kappa shape index (κ3) is 5.20. The first kappa shape index (κ1) is 22.3. The van der Waals surface area contributed by atoms with Crippen LogP contribution in [0.1, 0.15) is 6.92 Å². The fourth-order valence-corrected chi connectivity index (χ4v) is 4.49. The van der Waals surface area contributed by atoms with Crippen molar-refractivity contribution < 1.29 is 13.2 Å². The Hall–Kier alpha value is -2.39. The number of sulfonamides is 1. The third-order valence-electron chi connectivity index (χ3n) is 4.15. The number of benzene rings is 2. The van der Waals surface area contributed by atoms with Crippen LogP contribution in [0.3, 0.4) is 0 Å². The van der Waals surface area contributed by atoms with E-state index in [1.54, 1.807) is 6.07 Å². The zero-order valence-corrected chi connectivity index (χ0v) is 18.3. The van der Waals surface area contributed by atoms with Gasteiger partial charge in [0.1, 0.15) is 10.6 Å². The molecule has 0 aliphatic heterocycles. The summed E-state index contributed by atoms with van der Waals surface area (Å²) in [7, 11) is -3.89. The largest absolute Gasteiger partial charge is 0.494 e. The van der Waals surface area contributed by atoms with E-state index in [1.807, 2.05) is 31.2 Å². The molecule has 10 heteroatoms. The minimum atomic E-state index is -3.89. The molecule has 0 atom stereocenters. The minimum Gasteiger partial charge on any atom is -0.494 e. The maximum absolute atomic E-state index is 12.5. The molecular formula is C20H19Cl2N3O4S. The quantitative estimate of drug-likeness (QED) is 0.546. The van der Waals surface area contributed by atoms with E-state index in [1.165, 1.54) is 28.9 Å². The molecule has 0 amide bonds. The summed E-state index contributed by atoms with van der Waals surface area (Å²) in [5, 5.41) is 4.41. The van der Waals surface area contributed by atoms with Crippen molar-refractivity contribution in [2.75, 3.05) is 13.2 Å². The number of hydrogen-bond donors (Lipinski definition) is 1. The van der Waals surface area contributed by atoms with Gasteiger partial charge in [-0.05, 0) is 49.4 Å². The van der Waals surface area contributed by atoms with Gasteiger partial charge in [0.15, 0.2) is 0 Å². The van der Waals surface area contributed by atoms with E-state index in [9.17, 15) is 13.2 Å². The van der Waals surface area contributed by atoms with Gasteiger partial charge < -0.3 is 4.74 Å². The first-order chi connectivity index (χ1) is 14.3. The Morgan fingerprint density at radius 1 is 1.07 bits per heavy atom. The van der Waals surface area contributed by atoms with Crippen LogP contribution in [0.15, 0.2) is 64.3 Å². The molecule has 158 valence electrons. The van der Waals surface area contributed by atoms with E-state index in [0.29, 0.717) is 12.3 Å². The van der Waals surface area contributed by atoms with Crippen molar-refractivity contribution in [2.24, 2.45) is 0 Å². The Labute approximate surface area is 184 Å². The third-order valence-corrected chi connectivity index (χ3v) is 6.58. The van der Waals surface area contributed by atoms with Gasteiger partial charge in [0.25, 0.3) is 5.56 Å². The monoisotopic (exact) mass is 467 g/mol. The van der Waals surface area contributed by atoms with Crippen molar-refractivity contribution in [1.82, 2.24) is 14.5 Å². The van der Waals surface area contributed by atoms with Gasteiger partial charge in [-0.3, -0.25) is 4.79 Å². The zero-order valence-electron chi connectivity index (χ0n) is 16.0. The van der Waals surface area contributed by atoms with Crippen LogP contribution in [0.25, 0.3) is 11.3 Å². The van der Waals surface area contributed by atoms with E-state index in [4.69, 9.17) is 27.9 Å². The predicted octanol–water partition coefficient (Wildman–Crippen LogP) is 3.59. The maximum Gasteiger partial charge on any atom is 0.266 e. The van der Waals surface area contributed by atoms with Crippen LogP contribution in [0.5, 0.6) is 5.75 Å². The summed E-state index contributed by atoms with van der Waals surface area (Å²) in [6, 6.07) is 14.7. The van der Waals surface area contributed by atoms with E-state index in [-0.39, 0.29) is 33.6 Å². The van der Waals surface area contributed by atoms with Gasteiger partial charge in [-0.1, -0.05) is 29.3 Å². The summed E-state index contributed by atoms with van der Waals surface area (Å²) in [5.74, 6) is 0.739.